The highest BCUT2D eigenvalue weighted by molar-refractivity contribution is 9.10. The lowest BCUT2D eigenvalue weighted by molar-refractivity contribution is -0.139. The summed E-state index contributed by atoms with van der Waals surface area (Å²) in [6.07, 6.45) is 1.63. The van der Waals surface area contributed by atoms with E-state index in [0.717, 1.165) is 52.4 Å². The van der Waals surface area contributed by atoms with Gasteiger partial charge in [0.1, 0.15) is 12.2 Å². The Morgan fingerprint density at radius 3 is 1.79 bits per heavy atom. The number of pyridine rings is 2. The Hall–Kier alpha value is -3.79. The van der Waals surface area contributed by atoms with Gasteiger partial charge in [-0.05, 0) is 103 Å². The number of nitrogens with zero attached hydrogens (tertiary/aromatic N) is 2. The van der Waals surface area contributed by atoms with Gasteiger partial charge in [-0.25, -0.2) is 0 Å². The SMILES string of the molecule is COc1nc(O[C@H]2CCc3c(-c4cccc5c4CC[C@@H]5Oc4nc(OC)c(CNC[C@@H](O)CC(=O)O)cc4Br)cccc32)c(Br)cc1CNCCO. The zero-order valence-electron chi connectivity index (χ0n) is 29.0. The highest BCUT2D eigenvalue weighted by atomic mass is 79.9. The number of ether oxygens (including phenoxy) is 4. The molecule has 12 nitrogen and oxygen atoms in total. The minimum absolute atomic E-state index is 0.0505. The van der Waals surface area contributed by atoms with Gasteiger partial charge in [0.25, 0.3) is 0 Å². The number of carbonyl (C=O) groups is 1. The molecule has 2 heterocycles. The average Bonchev–Trinajstić information content (AvgIpc) is 3.74. The first kappa shape index (κ1) is 38.0. The van der Waals surface area contributed by atoms with E-state index < -0.39 is 12.1 Å². The van der Waals surface area contributed by atoms with Crippen LogP contribution in [0.5, 0.6) is 23.5 Å². The molecule has 0 saturated carbocycles. The van der Waals surface area contributed by atoms with Crippen LogP contribution in [0.1, 0.15) is 64.9 Å². The number of rotatable bonds is 17. The molecule has 4 aromatic rings. The molecule has 0 saturated heterocycles. The van der Waals surface area contributed by atoms with Crippen molar-refractivity contribution in [2.75, 3.05) is 33.9 Å². The lowest BCUT2D eigenvalue weighted by Crippen LogP contribution is -2.28. The van der Waals surface area contributed by atoms with E-state index in [2.05, 4.69) is 88.9 Å². The van der Waals surface area contributed by atoms with Crippen LogP contribution in [-0.2, 0) is 30.7 Å². The highest BCUT2D eigenvalue weighted by Crippen LogP contribution is 2.46. The molecule has 0 unspecified atom stereocenters. The van der Waals surface area contributed by atoms with Crippen molar-refractivity contribution in [1.29, 1.82) is 0 Å². The molecule has 276 valence electrons. The fourth-order valence-electron chi connectivity index (χ4n) is 6.96. The van der Waals surface area contributed by atoms with Gasteiger partial charge in [-0.15, -0.1) is 0 Å². The van der Waals surface area contributed by atoms with E-state index in [0.29, 0.717) is 47.6 Å². The molecule has 0 bridgehead atoms. The monoisotopic (exact) mass is 840 g/mol. The van der Waals surface area contributed by atoms with E-state index in [1.165, 1.54) is 29.4 Å². The zero-order chi connectivity index (χ0) is 36.8. The third-order valence-corrected chi connectivity index (χ3v) is 10.4. The lowest BCUT2D eigenvalue weighted by atomic mass is 9.91. The molecule has 6 rings (SSSR count). The van der Waals surface area contributed by atoms with E-state index in [9.17, 15) is 9.90 Å². The molecule has 52 heavy (non-hydrogen) atoms. The number of aliphatic hydroxyl groups excluding tert-OH is 2. The van der Waals surface area contributed by atoms with Gasteiger partial charge in [0.05, 0.1) is 42.3 Å². The normalized spacial score (nSPS) is 16.7. The summed E-state index contributed by atoms with van der Waals surface area (Å²) in [6, 6.07) is 16.6. The number of carboxylic acid groups (broad SMARTS) is 1. The van der Waals surface area contributed by atoms with Crippen LogP contribution in [0.3, 0.4) is 0 Å². The van der Waals surface area contributed by atoms with E-state index in [1.807, 2.05) is 12.1 Å². The molecule has 0 fully saturated rings. The number of methoxy groups -OCH3 is 2. The van der Waals surface area contributed by atoms with E-state index in [1.54, 1.807) is 7.11 Å². The predicted molar refractivity (Wildman–Crippen MR) is 201 cm³/mol. The number of halogens is 2. The summed E-state index contributed by atoms with van der Waals surface area (Å²) in [4.78, 5) is 20.2. The van der Waals surface area contributed by atoms with Crippen LogP contribution in [0.25, 0.3) is 11.1 Å². The van der Waals surface area contributed by atoms with Crippen LogP contribution in [0.2, 0.25) is 0 Å². The Kier molecular flexibility index (Phi) is 12.7. The number of hydrogen-bond donors (Lipinski definition) is 5. The number of aliphatic hydroxyl groups is 2. The van der Waals surface area contributed by atoms with Crippen molar-refractivity contribution in [2.24, 2.45) is 0 Å². The molecule has 2 aromatic heterocycles. The quantitative estimate of drug-likeness (QED) is 0.0811. The number of aliphatic carboxylic acids is 1. The molecule has 2 aliphatic rings. The van der Waals surface area contributed by atoms with Crippen LogP contribution in [0, 0.1) is 0 Å². The Morgan fingerprint density at radius 2 is 1.33 bits per heavy atom. The number of hydrogen-bond acceptors (Lipinski definition) is 11. The molecule has 2 aliphatic carbocycles. The molecule has 2 aromatic carbocycles. The molecule has 0 amide bonds. The molecule has 0 radical (unpaired) electrons. The van der Waals surface area contributed by atoms with Gasteiger partial charge in [0.2, 0.25) is 23.5 Å². The van der Waals surface area contributed by atoms with Crippen molar-refractivity contribution in [3.8, 4) is 34.6 Å². The van der Waals surface area contributed by atoms with Gasteiger partial charge in [-0.1, -0.05) is 36.4 Å². The van der Waals surface area contributed by atoms with Crippen LogP contribution in [0.4, 0.5) is 0 Å². The molecule has 3 atom stereocenters. The Bertz CT molecular complexity index is 1910. The molecule has 0 spiro atoms. The zero-order valence-corrected chi connectivity index (χ0v) is 32.1. The summed E-state index contributed by atoms with van der Waals surface area (Å²) < 4.78 is 25.6. The standard InChI is InChI=1S/C38H42Br2N4O8/c1-49-35-21(18-41-13-14-45)15-30(39)37(43-35)51-32-11-9-26-24(5-3-7-28(26)32)25-6-4-8-29-27(25)10-12-33(29)52-38-31(40)16-22(36(44-38)50-2)19-42-20-23(46)17-34(47)48/h3-8,15-16,23,32-33,41-42,45-46H,9-14,17-20H2,1-2H3,(H,47,48)/t23-,32-,33-/m0/s1. The first-order chi connectivity index (χ1) is 25.2. The van der Waals surface area contributed by atoms with Crippen molar-refractivity contribution in [3.05, 3.63) is 90.9 Å². The van der Waals surface area contributed by atoms with Gasteiger partial charge in [-0.3, -0.25) is 4.79 Å². The molecular formula is C38H42Br2N4O8. The highest BCUT2D eigenvalue weighted by Gasteiger charge is 2.32. The second-order valence-electron chi connectivity index (χ2n) is 12.7. The number of carboxylic acids is 1. The van der Waals surface area contributed by atoms with Gasteiger partial charge in [-0.2, -0.15) is 9.97 Å². The second kappa shape index (κ2) is 17.4. The molecule has 0 aliphatic heterocycles. The first-order valence-corrected chi connectivity index (χ1v) is 18.8. The number of nitrogens with one attached hydrogen (secondary N) is 2. The number of fused-ring (bicyclic) bond motifs is 2. The second-order valence-corrected chi connectivity index (χ2v) is 14.4. The van der Waals surface area contributed by atoms with Crippen molar-refractivity contribution < 1.29 is 39.1 Å². The topological polar surface area (TPSA) is 165 Å². The molecule has 5 N–H and O–H groups in total. The maximum atomic E-state index is 10.9. The minimum Gasteiger partial charge on any atom is -0.481 e. The van der Waals surface area contributed by atoms with Crippen molar-refractivity contribution in [1.82, 2.24) is 20.6 Å². The predicted octanol–water partition coefficient (Wildman–Crippen LogP) is 5.83. The number of benzene rings is 2. The Morgan fingerprint density at radius 1 is 0.827 bits per heavy atom. The average molecular weight is 843 g/mol. The van der Waals surface area contributed by atoms with Crippen LogP contribution in [0.15, 0.2) is 57.5 Å². The van der Waals surface area contributed by atoms with E-state index in [4.69, 9.17) is 29.2 Å². The summed E-state index contributed by atoms with van der Waals surface area (Å²) in [7, 11) is 3.13. The van der Waals surface area contributed by atoms with Crippen LogP contribution in [-0.4, -0.2) is 71.3 Å². The van der Waals surface area contributed by atoms with Crippen LogP contribution >= 0.6 is 31.9 Å². The third kappa shape index (κ3) is 8.53. The Balaban J connectivity index is 1.19. The molecular weight excluding hydrogens is 800 g/mol. The lowest BCUT2D eigenvalue weighted by Gasteiger charge is -2.19. The van der Waals surface area contributed by atoms with Gasteiger partial charge in [0, 0.05) is 37.3 Å². The summed E-state index contributed by atoms with van der Waals surface area (Å²) in [5.74, 6) is 0.698. The maximum Gasteiger partial charge on any atom is 0.306 e. The van der Waals surface area contributed by atoms with Gasteiger partial charge < -0.3 is 44.9 Å². The van der Waals surface area contributed by atoms with E-state index >= 15 is 0 Å². The van der Waals surface area contributed by atoms with Crippen molar-refractivity contribution in [3.63, 3.8) is 0 Å². The Labute approximate surface area is 319 Å². The summed E-state index contributed by atoms with van der Waals surface area (Å²) >= 11 is 7.26. The van der Waals surface area contributed by atoms with Gasteiger partial charge >= 0.3 is 5.97 Å². The summed E-state index contributed by atoms with van der Waals surface area (Å²) in [5, 5.41) is 34.1. The fraction of sp³-hybridized carbons (Fsp3) is 0.395. The van der Waals surface area contributed by atoms with Crippen LogP contribution < -0.4 is 29.6 Å². The van der Waals surface area contributed by atoms with E-state index in [-0.39, 0.29) is 31.8 Å². The summed E-state index contributed by atoms with van der Waals surface area (Å²) in [5.41, 5.74) is 8.80. The smallest absolute Gasteiger partial charge is 0.306 e. The van der Waals surface area contributed by atoms with Crippen molar-refractivity contribution in [2.45, 2.75) is 63.5 Å². The fourth-order valence-corrected chi connectivity index (χ4v) is 7.88. The minimum atomic E-state index is -1.05. The number of aromatic nitrogens is 2. The first-order valence-electron chi connectivity index (χ1n) is 17.2. The maximum absolute atomic E-state index is 10.9. The summed E-state index contributed by atoms with van der Waals surface area (Å²) in [6.45, 7) is 1.48. The molecule has 14 heteroatoms. The largest absolute Gasteiger partial charge is 0.481 e. The third-order valence-electron chi connectivity index (χ3n) is 9.29. The van der Waals surface area contributed by atoms with Crippen molar-refractivity contribution >= 4 is 37.8 Å². The van der Waals surface area contributed by atoms with Gasteiger partial charge in [0.15, 0.2) is 0 Å².